The smallest absolute Gasteiger partial charge is 0.258 e. The Morgan fingerprint density at radius 2 is 1.47 bits per heavy atom. The minimum Gasteiger partial charge on any atom is -0.483 e. The summed E-state index contributed by atoms with van der Waals surface area (Å²) in [6.45, 7) is 2.74. The van der Waals surface area contributed by atoms with E-state index in [4.69, 9.17) is 4.74 Å². The molecule has 5 rings (SSSR count). The van der Waals surface area contributed by atoms with Gasteiger partial charge in [-0.15, -0.1) is 0 Å². The highest BCUT2D eigenvalue weighted by Gasteiger charge is 2.25. The molecule has 1 aliphatic heterocycles. The number of likely N-dealkylation sites (tertiary alicyclic amines) is 1. The first-order valence-electron chi connectivity index (χ1n) is 12.2. The van der Waals surface area contributed by atoms with Crippen LogP contribution in [0.3, 0.4) is 0 Å². The van der Waals surface area contributed by atoms with Crippen LogP contribution < -0.4 is 15.4 Å². The Labute approximate surface area is 200 Å². The maximum absolute atomic E-state index is 13.3. The lowest BCUT2D eigenvalue weighted by Crippen LogP contribution is -2.44. The Kier molecular flexibility index (Phi) is 6.77. The predicted molar refractivity (Wildman–Crippen MR) is 133 cm³/mol. The molecule has 0 aromatic heterocycles. The van der Waals surface area contributed by atoms with Gasteiger partial charge < -0.3 is 15.4 Å². The van der Waals surface area contributed by atoms with E-state index >= 15 is 0 Å². The molecular weight excluding hydrogens is 426 g/mol. The quantitative estimate of drug-likeness (QED) is 0.538. The molecule has 34 heavy (non-hydrogen) atoms. The molecule has 2 N–H and O–H groups in total. The summed E-state index contributed by atoms with van der Waals surface area (Å²) in [6.07, 6.45) is 3.87. The molecule has 1 heterocycles. The minimum absolute atomic E-state index is 0.0903. The van der Waals surface area contributed by atoms with Crippen molar-refractivity contribution in [2.45, 2.75) is 44.3 Å². The summed E-state index contributed by atoms with van der Waals surface area (Å²) in [5, 5.41) is 8.09. The number of carbonyl (C=O) groups is 2. The normalized spacial score (nSPS) is 16.8. The molecule has 0 spiro atoms. The number of piperidine rings is 1. The Balaban J connectivity index is 1.23. The molecule has 0 atom stereocenters. The molecule has 176 valence electrons. The standard InChI is InChI=1S/C28H31N3O3/c32-27(29-23-10-11-23)19-34-26-17-22-9-5-4-8-21(22)16-25(26)28(33)30-24-12-14-31(15-13-24)18-20-6-2-1-3-7-20/h1-9,16-17,23-24H,10-15,18-19H2,(H,29,32)(H,30,33). The third kappa shape index (κ3) is 5.75. The number of nitrogens with one attached hydrogen (secondary N) is 2. The molecule has 0 radical (unpaired) electrons. The van der Waals surface area contributed by atoms with Gasteiger partial charge in [-0.1, -0.05) is 54.6 Å². The summed E-state index contributed by atoms with van der Waals surface area (Å²) in [5.41, 5.74) is 1.79. The number of fused-ring (bicyclic) bond motifs is 1. The van der Waals surface area contributed by atoms with Gasteiger partial charge >= 0.3 is 0 Å². The zero-order valence-corrected chi connectivity index (χ0v) is 19.3. The summed E-state index contributed by atoms with van der Waals surface area (Å²) in [7, 11) is 0. The van der Waals surface area contributed by atoms with Crippen LogP contribution in [0.25, 0.3) is 10.8 Å². The Bertz CT molecular complexity index is 1150. The third-order valence-electron chi connectivity index (χ3n) is 6.57. The highest BCUT2D eigenvalue weighted by Crippen LogP contribution is 2.27. The molecule has 0 unspecified atom stereocenters. The van der Waals surface area contributed by atoms with Crippen LogP contribution in [-0.4, -0.2) is 48.5 Å². The summed E-state index contributed by atoms with van der Waals surface area (Å²) >= 11 is 0. The van der Waals surface area contributed by atoms with E-state index < -0.39 is 0 Å². The van der Waals surface area contributed by atoms with Crippen molar-refractivity contribution in [1.29, 1.82) is 0 Å². The fraction of sp³-hybridized carbons (Fsp3) is 0.357. The first kappa shape index (κ1) is 22.4. The number of hydrogen-bond donors (Lipinski definition) is 2. The van der Waals surface area contributed by atoms with Crippen molar-refractivity contribution >= 4 is 22.6 Å². The van der Waals surface area contributed by atoms with Gasteiger partial charge in [-0.05, 0) is 54.2 Å². The molecule has 2 aliphatic rings. The highest BCUT2D eigenvalue weighted by atomic mass is 16.5. The second-order valence-electron chi connectivity index (χ2n) is 9.34. The fourth-order valence-electron chi connectivity index (χ4n) is 4.50. The molecule has 6 heteroatoms. The van der Waals surface area contributed by atoms with Crippen molar-refractivity contribution in [2.75, 3.05) is 19.7 Å². The first-order valence-corrected chi connectivity index (χ1v) is 12.2. The van der Waals surface area contributed by atoms with Crippen LogP contribution in [0.1, 0.15) is 41.6 Å². The van der Waals surface area contributed by atoms with Crippen LogP contribution in [0.2, 0.25) is 0 Å². The van der Waals surface area contributed by atoms with Crippen LogP contribution in [0.15, 0.2) is 66.7 Å². The lowest BCUT2D eigenvalue weighted by atomic mass is 10.0. The molecular formula is C28H31N3O3. The second kappa shape index (κ2) is 10.3. The predicted octanol–water partition coefficient (Wildman–Crippen LogP) is 3.89. The van der Waals surface area contributed by atoms with E-state index in [9.17, 15) is 9.59 Å². The van der Waals surface area contributed by atoms with E-state index in [2.05, 4.69) is 39.8 Å². The first-order chi connectivity index (χ1) is 16.6. The largest absolute Gasteiger partial charge is 0.483 e. The SMILES string of the molecule is O=C(COc1cc2ccccc2cc1C(=O)NC1CCN(Cc2ccccc2)CC1)NC1CC1. The second-order valence-corrected chi connectivity index (χ2v) is 9.34. The molecule has 2 amide bonds. The van der Waals surface area contributed by atoms with Crippen molar-refractivity contribution in [3.05, 3.63) is 77.9 Å². The molecule has 1 saturated heterocycles. The van der Waals surface area contributed by atoms with Crippen molar-refractivity contribution in [2.24, 2.45) is 0 Å². The fourth-order valence-corrected chi connectivity index (χ4v) is 4.50. The molecule has 1 aliphatic carbocycles. The molecule has 0 bridgehead atoms. The summed E-state index contributed by atoms with van der Waals surface area (Å²) in [6, 6.07) is 22.5. The summed E-state index contributed by atoms with van der Waals surface area (Å²) < 4.78 is 5.85. The van der Waals surface area contributed by atoms with Gasteiger partial charge in [-0.3, -0.25) is 14.5 Å². The zero-order valence-electron chi connectivity index (χ0n) is 19.3. The number of benzene rings is 3. The lowest BCUT2D eigenvalue weighted by Gasteiger charge is -2.32. The number of hydrogen-bond acceptors (Lipinski definition) is 4. The van der Waals surface area contributed by atoms with Crippen LogP contribution in [-0.2, 0) is 11.3 Å². The van der Waals surface area contributed by atoms with Gasteiger partial charge in [0.2, 0.25) is 0 Å². The summed E-state index contributed by atoms with van der Waals surface area (Å²) in [5.74, 6) is 0.154. The zero-order chi connectivity index (χ0) is 23.3. The Morgan fingerprint density at radius 1 is 0.824 bits per heavy atom. The average Bonchev–Trinajstić information content (AvgIpc) is 3.68. The van der Waals surface area contributed by atoms with E-state index in [0.29, 0.717) is 11.3 Å². The summed E-state index contributed by atoms with van der Waals surface area (Å²) in [4.78, 5) is 27.9. The van der Waals surface area contributed by atoms with Crippen molar-refractivity contribution < 1.29 is 14.3 Å². The lowest BCUT2D eigenvalue weighted by molar-refractivity contribution is -0.123. The van der Waals surface area contributed by atoms with E-state index in [-0.39, 0.29) is 30.5 Å². The van der Waals surface area contributed by atoms with E-state index in [1.807, 2.05) is 42.5 Å². The van der Waals surface area contributed by atoms with Gasteiger partial charge in [-0.25, -0.2) is 0 Å². The number of carbonyl (C=O) groups excluding carboxylic acids is 2. The van der Waals surface area contributed by atoms with Crippen LogP contribution >= 0.6 is 0 Å². The third-order valence-corrected chi connectivity index (χ3v) is 6.57. The van der Waals surface area contributed by atoms with Gasteiger partial charge in [0.1, 0.15) is 5.75 Å². The number of ether oxygens (including phenoxy) is 1. The van der Waals surface area contributed by atoms with Crippen molar-refractivity contribution in [3.63, 3.8) is 0 Å². The van der Waals surface area contributed by atoms with Crippen LogP contribution in [0.4, 0.5) is 0 Å². The van der Waals surface area contributed by atoms with Gasteiger partial charge in [0.05, 0.1) is 5.56 Å². The molecule has 1 saturated carbocycles. The molecule has 6 nitrogen and oxygen atoms in total. The minimum atomic E-state index is -0.148. The van der Waals surface area contributed by atoms with E-state index in [1.54, 1.807) is 0 Å². The van der Waals surface area contributed by atoms with Crippen molar-refractivity contribution in [1.82, 2.24) is 15.5 Å². The van der Waals surface area contributed by atoms with Gasteiger partial charge in [0.25, 0.3) is 11.8 Å². The highest BCUT2D eigenvalue weighted by molar-refractivity contribution is 6.02. The number of amides is 2. The maximum atomic E-state index is 13.3. The van der Waals surface area contributed by atoms with E-state index in [1.165, 1.54) is 5.56 Å². The monoisotopic (exact) mass is 457 g/mol. The van der Waals surface area contributed by atoms with Crippen LogP contribution in [0.5, 0.6) is 5.75 Å². The topological polar surface area (TPSA) is 70.7 Å². The number of nitrogens with zero attached hydrogens (tertiary/aromatic N) is 1. The number of rotatable bonds is 8. The van der Waals surface area contributed by atoms with Gasteiger partial charge in [0.15, 0.2) is 6.61 Å². The van der Waals surface area contributed by atoms with Gasteiger partial charge in [-0.2, -0.15) is 0 Å². The molecule has 3 aromatic carbocycles. The molecule has 3 aromatic rings. The molecule has 2 fully saturated rings. The maximum Gasteiger partial charge on any atom is 0.258 e. The average molecular weight is 458 g/mol. The van der Waals surface area contributed by atoms with E-state index in [0.717, 1.165) is 56.1 Å². The van der Waals surface area contributed by atoms with Gasteiger partial charge in [0, 0.05) is 31.7 Å². The Hall–Kier alpha value is -3.38. The van der Waals surface area contributed by atoms with Crippen molar-refractivity contribution in [3.8, 4) is 5.75 Å². The Morgan fingerprint density at radius 3 is 2.18 bits per heavy atom. The van der Waals surface area contributed by atoms with Crippen LogP contribution in [0, 0.1) is 0 Å².